The second-order valence-electron chi connectivity index (χ2n) is 8.96. The molecule has 2 amide bonds. The monoisotopic (exact) mass is 496 g/mol. The van der Waals surface area contributed by atoms with Crippen LogP contribution in [0.4, 0.5) is 0 Å². The lowest BCUT2D eigenvalue weighted by atomic mass is 9.98. The number of thioether (sulfide) groups is 1. The van der Waals surface area contributed by atoms with E-state index in [-0.39, 0.29) is 25.0 Å². The summed E-state index contributed by atoms with van der Waals surface area (Å²) >= 11 is 1.47. The maximum absolute atomic E-state index is 12.6. The molecule has 0 spiro atoms. The standard InChI is InChI=1S/C26H44N2O4S.CH4/c1-8-21(6)24(27-22(7)29)25(30)28-23(26(31)32)17-33-16-15-20(5)14-10-13-19(4)12-9-11-18(2)3;/h11,13,15,21,23-24H,8-10,12,14,16-17H2,1-7H3,(H,27,29)(H,28,30)(H,31,32);1H4/b19-13+,20-15+;/t21-,23-,24?;/m0./s1. The van der Waals surface area contributed by atoms with E-state index in [0.29, 0.717) is 12.2 Å². The molecule has 0 aliphatic heterocycles. The van der Waals surface area contributed by atoms with Crippen molar-refractivity contribution in [1.82, 2.24) is 10.6 Å². The molecule has 0 heterocycles. The Labute approximate surface area is 212 Å². The summed E-state index contributed by atoms with van der Waals surface area (Å²) in [5.74, 6) is -0.972. The Hall–Kier alpha value is -2.02. The molecule has 3 atom stereocenters. The topological polar surface area (TPSA) is 95.5 Å². The van der Waals surface area contributed by atoms with Crippen molar-refractivity contribution in [2.24, 2.45) is 5.92 Å². The molecule has 0 aromatic heterocycles. The number of carboxylic acids is 1. The number of aliphatic carboxylic acids is 1. The van der Waals surface area contributed by atoms with Crippen LogP contribution in [0.1, 0.15) is 88.0 Å². The first-order valence-electron chi connectivity index (χ1n) is 11.8. The summed E-state index contributed by atoms with van der Waals surface area (Å²) in [6.45, 7) is 13.6. The van der Waals surface area contributed by atoms with E-state index in [1.165, 1.54) is 35.4 Å². The molecule has 0 aliphatic carbocycles. The molecule has 0 aromatic carbocycles. The first kappa shape index (κ1) is 34.1. The van der Waals surface area contributed by atoms with Gasteiger partial charge in [-0.15, -0.1) is 0 Å². The van der Waals surface area contributed by atoms with E-state index in [9.17, 15) is 19.5 Å². The van der Waals surface area contributed by atoms with Crippen molar-refractivity contribution < 1.29 is 19.5 Å². The highest BCUT2D eigenvalue weighted by molar-refractivity contribution is 7.99. The van der Waals surface area contributed by atoms with E-state index in [1.807, 2.05) is 13.8 Å². The van der Waals surface area contributed by atoms with E-state index >= 15 is 0 Å². The molecule has 0 rings (SSSR count). The Bertz CT molecular complexity index is 724. The normalized spacial score (nSPS) is 14.3. The van der Waals surface area contributed by atoms with Crippen LogP contribution in [0.3, 0.4) is 0 Å². The van der Waals surface area contributed by atoms with Crippen molar-refractivity contribution in [3.63, 3.8) is 0 Å². The first-order valence-corrected chi connectivity index (χ1v) is 13.0. The third-order valence-corrected chi connectivity index (χ3v) is 6.40. The predicted molar refractivity (Wildman–Crippen MR) is 146 cm³/mol. The number of hydrogen-bond acceptors (Lipinski definition) is 4. The molecule has 6 nitrogen and oxygen atoms in total. The summed E-state index contributed by atoms with van der Waals surface area (Å²) in [6.07, 6.45) is 11.5. The van der Waals surface area contributed by atoms with Crippen LogP contribution in [0, 0.1) is 5.92 Å². The van der Waals surface area contributed by atoms with Gasteiger partial charge >= 0.3 is 5.97 Å². The van der Waals surface area contributed by atoms with Gasteiger partial charge in [-0.3, -0.25) is 9.59 Å². The Morgan fingerprint density at radius 1 is 0.912 bits per heavy atom. The Kier molecular flexibility index (Phi) is 19.4. The van der Waals surface area contributed by atoms with Gasteiger partial charge in [0.05, 0.1) is 0 Å². The average Bonchev–Trinajstić information content (AvgIpc) is 2.72. The summed E-state index contributed by atoms with van der Waals surface area (Å²) in [7, 11) is 0. The van der Waals surface area contributed by atoms with E-state index < -0.39 is 24.0 Å². The van der Waals surface area contributed by atoms with Crippen LogP contribution in [-0.4, -0.2) is 46.5 Å². The van der Waals surface area contributed by atoms with Crippen LogP contribution < -0.4 is 10.6 Å². The number of carbonyl (C=O) groups excluding carboxylic acids is 2. The minimum atomic E-state index is -1.07. The lowest BCUT2D eigenvalue weighted by Crippen LogP contribution is -2.54. The quantitative estimate of drug-likeness (QED) is 0.183. The van der Waals surface area contributed by atoms with Gasteiger partial charge in [0.1, 0.15) is 12.1 Å². The Morgan fingerprint density at radius 3 is 1.97 bits per heavy atom. The maximum atomic E-state index is 12.6. The van der Waals surface area contributed by atoms with Crippen LogP contribution in [0.5, 0.6) is 0 Å². The van der Waals surface area contributed by atoms with Crippen molar-refractivity contribution in [2.75, 3.05) is 11.5 Å². The largest absolute Gasteiger partial charge is 0.480 e. The second-order valence-corrected chi connectivity index (χ2v) is 10.0. The fraction of sp³-hybridized carbons (Fsp3) is 0.667. The van der Waals surface area contributed by atoms with Crippen molar-refractivity contribution in [2.45, 2.75) is 100 Å². The van der Waals surface area contributed by atoms with Gasteiger partial charge < -0.3 is 15.7 Å². The van der Waals surface area contributed by atoms with Crippen molar-refractivity contribution >= 4 is 29.5 Å². The summed E-state index contributed by atoms with van der Waals surface area (Å²) in [5, 5.41) is 14.7. The van der Waals surface area contributed by atoms with Gasteiger partial charge in [-0.05, 0) is 59.3 Å². The minimum Gasteiger partial charge on any atom is -0.480 e. The van der Waals surface area contributed by atoms with E-state index in [1.54, 1.807) is 0 Å². The zero-order valence-corrected chi connectivity index (χ0v) is 22.3. The summed E-state index contributed by atoms with van der Waals surface area (Å²) in [5.41, 5.74) is 4.03. The van der Waals surface area contributed by atoms with Gasteiger partial charge in [0.15, 0.2) is 0 Å². The molecular weight excluding hydrogens is 448 g/mol. The van der Waals surface area contributed by atoms with Crippen LogP contribution in [0.2, 0.25) is 0 Å². The molecule has 0 saturated heterocycles. The maximum Gasteiger partial charge on any atom is 0.327 e. The molecule has 34 heavy (non-hydrogen) atoms. The van der Waals surface area contributed by atoms with Gasteiger partial charge in [0.25, 0.3) is 0 Å². The fourth-order valence-electron chi connectivity index (χ4n) is 3.08. The smallest absolute Gasteiger partial charge is 0.327 e. The molecule has 3 N–H and O–H groups in total. The summed E-state index contributed by atoms with van der Waals surface area (Å²) in [4.78, 5) is 35.6. The lowest BCUT2D eigenvalue weighted by Gasteiger charge is -2.24. The predicted octanol–water partition coefficient (Wildman–Crippen LogP) is 5.90. The highest BCUT2D eigenvalue weighted by atomic mass is 32.2. The third-order valence-electron chi connectivity index (χ3n) is 5.43. The average molecular weight is 497 g/mol. The van der Waals surface area contributed by atoms with E-state index in [0.717, 1.165) is 25.7 Å². The number of hydrogen-bond donors (Lipinski definition) is 3. The molecule has 0 aliphatic rings. The minimum absolute atomic E-state index is 0. The number of allylic oxidation sites excluding steroid dienone is 5. The zero-order chi connectivity index (χ0) is 25.4. The van der Waals surface area contributed by atoms with Gasteiger partial charge in [-0.25, -0.2) is 4.79 Å². The Morgan fingerprint density at radius 2 is 1.47 bits per heavy atom. The molecular formula is C27H48N2O4S. The number of amides is 2. The van der Waals surface area contributed by atoms with Gasteiger partial charge in [0, 0.05) is 18.4 Å². The molecule has 0 aromatic rings. The van der Waals surface area contributed by atoms with Crippen LogP contribution in [-0.2, 0) is 14.4 Å². The lowest BCUT2D eigenvalue weighted by molar-refractivity contribution is -0.141. The number of carbonyl (C=O) groups is 3. The van der Waals surface area contributed by atoms with Crippen LogP contribution in [0.15, 0.2) is 34.9 Å². The second kappa shape index (κ2) is 19.3. The number of rotatable bonds is 16. The molecule has 0 bridgehead atoms. The fourth-order valence-corrected chi connectivity index (χ4v) is 4.08. The summed E-state index contributed by atoms with van der Waals surface area (Å²) in [6, 6.07) is -1.73. The van der Waals surface area contributed by atoms with Crippen LogP contribution >= 0.6 is 11.8 Å². The number of nitrogens with one attached hydrogen (secondary N) is 2. The molecule has 196 valence electrons. The zero-order valence-electron chi connectivity index (χ0n) is 21.5. The first-order chi connectivity index (χ1) is 15.5. The number of carboxylic acid groups (broad SMARTS) is 1. The molecule has 0 fully saturated rings. The molecule has 0 radical (unpaired) electrons. The Balaban J connectivity index is 0. The SMILES string of the molecule is C.CC[C@H](C)C(NC(C)=O)C(=O)N[C@@H](CSC/C=C(\C)CC/C=C(\C)CCC=C(C)C)C(=O)O. The van der Waals surface area contributed by atoms with Crippen molar-refractivity contribution in [3.05, 3.63) is 34.9 Å². The highest BCUT2D eigenvalue weighted by Gasteiger charge is 2.28. The third kappa shape index (κ3) is 16.6. The van der Waals surface area contributed by atoms with Gasteiger partial charge in [0.2, 0.25) is 11.8 Å². The van der Waals surface area contributed by atoms with Crippen molar-refractivity contribution in [1.29, 1.82) is 0 Å². The summed E-state index contributed by atoms with van der Waals surface area (Å²) < 4.78 is 0. The molecule has 7 heteroatoms. The van der Waals surface area contributed by atoms with E-state index in [2.05, 4.69) is 56.6 Å². The van der Waals surface area contributed by atoms with Crippen LogP contribution in [0.25, 0.3) is 0 Å². The van der Waals surface area contributed by atoms with Gasteiger partial charge in [-0.2, -0.15) is 11.8 Å². The molecule has 1 unspecified atom stereocenters. The van der Waals surface area contributed by atoms with E-state index in [4.69, 9.17) is 0 Å². The molecule has 0 saturated carbocycles. The van der Waals surface area contributed by atoms with Crippen molar-refractivity contribution in [3.8, 4) is 0 Å². The van der Waals surface area contributed by atoms with Gasteiger partial charge in [-0.1, -0.05) is 62.6 Å². The highest BCUT2D eigenvalue weighted by Crippen LogP contribution is 2.14.